The first-order valence-corrected chi connectivity index (χ1v) is 10.5. The normalized spacial score (nSPS) is 11.5. The lowest BCUT2D eigenvalue weighted by Gasteiger charge is -2.13. The van der Waals surface area contributed by atoms with Crippen LogP contribution in [0.25, 0.3) is 0 Å². The van der Waals surface area contributed by atoms with Gasteiger partial charge < -0.3 is 15.4 Å². The van der Waals surface area contributed by atoms with Crippen LogP contribution in [0, 0.1) is 6.92 Å². The summed E-state index contributed by atoms with van der Waals surface area (Å²) < 4.78 is 30.1. The van der Waals surface area contributed by atoms with Crippen LogP contribution < -0.4 is 15.4 Å². The number of halogens is 1. The van der Waals surface area contributed by atoms with Crippen molar-refractivity contribution >= 4 is 39.8 Å². The molecule has 8 heteroatoms. The first-order chi connectivity index (χ1) is 13.0. The van der Waals surface area contributed by atoms with Crippen molar-refractivity contribution in [2.24, 2.45) is 4.99 Å². The van der Waals surface area contributed by atoms with Gasteiger partial charge in [0, 0.05) is 18.7 Å². The molecule has 0 aliphatic carbocycles. The van der Waals surface area contributed by atoms with Crippen LogP contribution in [0.3, 0.4) is 0 Å². The number of guanidine groups is 1. The molecule has 0 radical (unpaired) electrons. The molecule has 0 fully saturated rings. The lowest BCUT2D eigenvalue weighted by atomic mass is 10.1. The van der Waals surface area contributed by atoms with E-state index < -0.39 is 9.84 Å². The minimum absolute atomic E-state index is 0. The number of aliphatic imine (C=N–C) groups is 1. The molecule has 28 heavy (non-hydrogen) atoms. The second-order valence-corrected chi connectivity index (χ2v) is 8.18. The van der Waals surface area contributed by atoms with E-state index in [4.69, 9.17) is 4.74 Å². The van der Waals surface area contributed by atoms with Gasteiger partial charge in [0.25, 0.3) is 0 Å². The Morgan fingerprint density at radius 3 is 2.46 bits per heavy atom. The number of nitrogens with zero attached hydrogens (tertiary/aromatic N) is 1. The lowest BCUT2D eigenvalue weighted by molar-refractivity contribution is 0.409. The van der Waals surface area contributed by atoms with Gasteiger partial charge in [-0.05, 0) is 37.6 Å². The van der Waals surface area contributed by atoms with Crippen LogP contribution in [0.5, 0.6) is 5.75 Å². The van der Waals surface area contributed by atoms with Crippen molar-refractivity contribution in [1.82, 2.24) is 10.6 Å². The summed E-state index contributed by atoms with van der Waals surface area (Å²) >= 11 is 0. The van der Waals surface area contributed by atoms with E-state index in [0.717, 1.165) is 16.9 Å². The maximum atomic E-state index is 12.3. The van der Waals surface area contributed by atoms with E-state index in [0.29, 0.717) is 23.9 Å². The zero-order chi connectivity index (χ0) is 19.7. The zero-order valence-corrected chi connectivity index (χ0v) is 19.6. The SMILES string of the molecule is CCNC(=NCc1ccc(C)cc1OC)NCCS(=O)(=O)c1ccccc1.I. The summed E-state index contributed by atoms with van der Waals surface area (Å²) in [5.74, 6) is 1.36. The second-order valence-electron chi connectivity index (χ2n) is 6.07. The average molecular weight is 517 g/mol. The van der Waals surface area contributed by atoms with Gasteiger partial charge in [-0.25, -0.2) is 13.4 Å². The number of benzene rings is 2. The van der Waals surface area contributed by atoms with E-state index in [9.17, 15) is 8.42 Å². The first-order valence-electron chi connectivity index (χ1n) is 8.89. The molecule has 0 aromatic heterocycles. The maximum absolute atomic E-state index is 12.3. The molecule has 6 nitrogen and oxygen atoms in total. The van der Waals surface area contributed by atoms with Crippen LogP contribution in [-0.4, -0.2) is 40.3 Å². The van der Waals surface area contributed by atoms with Crippen molar-refractivity contribution in [2.75, 3.05) is 26.0 Å². The van der Waals surface area contributed by atoms with Crippen LogP contribution in [0.1, 0.15) is 18.1 Å². The molecule has 0 spiro atoms. The van der Waals surface area contributed by atoms with Gasteiger partial charge in [0.05, 0.1) is 24.3 Å². The Labute approximate surface area is 184 Å². The van der Waals surface area contributed by atoms with E-state index in [-0.39, 0.29) is 36.3 Å². The van der Waals surface area contributed by atoms with Crippen molar-refractivity contribution in [1.29, 1.82) is 0 Å². The van der Waals surface area contributed by atoms with Gasteiger partial charge in [0.1, 0.15) is 5.75 Å². The summed E-state index contributed by atoms with van der Waals surface area (Å²) in [5.41, 5.74) is 2.09. The topological polar surface area (TPSA) is 79.8 Å². The molecule has 0 atom stereocenters. The highest BCUT2D eigenvalue weighted by atomic mass is 127. The number of nitrogens with one attached hydrogen (secondary N) is 2. The third kappa shape index (κ3) is 7.31. The summed E-state index contributed by atoms with van der Waals surface area (Å²) in [5, 5.41) is 6.22. The minimum atomic E-state index is -3.32. The van der Waals surface area contributed by atoms with Gasteiger partial charge in [-0.1, -0.05) is 30.3 Å². The molecule has 0 saturated carbocycles. The van der Waals surface area contributed by atoms with E-state index in [1.807, 2.05) is 32.0 Å². The predicted molar refractivity (Wildman–Crippen MR) is 124 cm³/mol. The fourth-order valence-electron chi connectivity index (χ4n) is 2.54. The summed E-state index contributed by atoms with van der Waals surface area (Å²) in [7, 11) is -1.68. The van der Waals surface area contributed by atoms with E-state index in [1.54, 1.807) is 37.4 Å². The molecule has 0 saturated heterocycles. The predicted octanol–water partition coefficient (Wildman–Crippen LogP) is 3.15. The summed E-state index contributed by atoms with van der Waals surface area (Å²) in [6.45, 7) is 5.36. The average Bonchev–Trinajstić information content (AvgIpc) is 2.67. The molecule has 0 aliphatic heterocycles. The van der Waals surface area contributed by atoms with Crippen molar-refractivity contribution in [3.05, 3.63) is 59.7 Å². The van der Waals surface area contributed by atoms with Gasteiger partial charge in [0.15, 0.2) is 15.8 Å². The third-order valence-electron chi connectivity index (χ3n) is 3.96. The molecular weight excluding hydrogens is 489 g/mol. The minimum Gasteiger partial charge on any atom is -0.496 e. The largest absolute Gasteiger partial charge is 0.496 e. The lowest BCUT2D eigenvalue weighted by Crippen LogP contribution is -2.39. The number of hydrogen-bond acceptors (Lipinski definition) is 4. The molecule has 2 N–H and O–H groups in total. The molecule has 0 amide bonds. The van der Waals surface area contributed by atoms with Crippen LogP contribution in [0.4, 0.5) is 0 Å². The summed E-state index contributed by atoms with van der Waals surface area (Å²) in [6, 6.07) is 14.4. The molecule has 154 valence electrons. The number of rotatable bonds is 8. The number of aryl methyl sites for hydroxylation is 1. The van der Waals surface area contributed by atoms with Crippen molar-refractivity contribution < 1.29 is 13.2 Å². The third-order valence-corrected chi connectivity index (χ3v) is 5.69. The van der Waals surface area contributed by atoms with Crippen LogP contribution >= 0.6 is 24.0 Å². The quantitative estimate of drug-likeness (QED) is 0.320. The van der Waals surface area contributed by atoms with E-state index in [2.05, 4.69) is 15.6 Å². The Hall–Kier alpha value is -1.81. The Morgan fingerprint density at radius 1 is 1.11 bits per heavy atom. The Balaban J connectivity index is 0.00000392. The van der Waals surface area contributed by atoms with Crippen LogP contribution in [0.2, 0.25) is 0 Å². The fraction of sp³-hybridized carbons (Fsp3) is 0.350. The van der Waals surface area contributed by atoms with Crippen molar-refractivity contribution in [3.8, 4) is 5.75 Å². The van der Waals surface area contributed by atoms with E-state index in [1.165, 1.54) is 0 Å². The molecular formula is C20H28IN3O3S. The standard InChI is InChI=1S/C20H27N3O3S.HI/c1-4-21-20(23-15-17-11-10-16(2)14-19(17)26-3)22-12-13-27(24,25)18-8-6-5-7-9-18;/h5-11,14H,4,12-13,15H2,1-3H3,(H2,21,22,23);1H. The molecule has 2 rings (SSSR count). The monoisotopic (exact) mass is 517 g/mol. The summed E-state index contributed by atoms with van der Waals surface area (Å²) in [4.78, 5) is 4.87. The highest BCUT2D eigenvalue weighted by Gasteiger charge is 2.13. The summed E-state index contributed by atoms with van der Waals surface area (Å²) in [6.07, 6.45) is 0. The Bertz CT molecular complexity index is 872. The van der Waals surface area contributed by atoms with Gasteiger partial charge in [-0.15, -0.1) is 24.0 Å². The van der Waals surface area contributed by atoms with E-state index >= 15 is 0 Å². The molecule has 0 bridgehead atoms. The van der Waals surface area contributed by atoms with Gasteiger partial charge in [-0.3, -0.25) is 0 Å². The number of methoxy groups -OCH3 is 1. The highest BCUT2D eigenvalue weighted by molar-refractivity contribution is 14.0. The Kier molecular flexibility index (Phi) is 10.3. The number of sulfone groups is 1. The zero-order valence-electron chi connectivity index (χ0n) is 16.4. The first kappa shape index (κ1) is 24.2. The molecule has 0 aliphatic rings. The maximum Gasteiger partial charge on any atom is 0.191 e. The fourth-order valence-corrected chi connectivity index (χ4v) is 3.72. The molecule has 0 unspecified atom stereocenters. The number of ether oxygens (including phenoxy) is 1. The van der Waals surface area contributed by atoms with Crippen molar-refractivity contribution in [3.63, 3.8) is 0 Å². The molecule has 2 aromatic rings. The van der Waals surface area contributed by atoms with Crippen LogP contribution in [0.15, 0.2) is 58.4 Å². The van der Waals surface area contributed by atoms with Gasteiger partial charge >= 0.3 is 0 Å². The van der Waals surface area contributed by atoms with Gasteiger partial charge in [-0.2, -0.15) is 0 Å². The highest BCUT2D eigenvalue weighted by Crippen LogP contribution is 2.20. The molecule has 0 heterocycles. The van der Waals surface area contributed by atoms with Gasteiger partial charge in [0.2, 0.25) is 0 Å². The smallest absolute Gasteiger partial charge is 0.191 e. The second kappa shape index (κ2) is 11.9. The Morgan fingerprint density at radius 2 is 1.82 bits per heavy atom. The van der Waals surface area contributed by atoms with Crippen molar-refractivity contribution in [2.45, 2.75) is 25.3 Å². The number of hydrogen-bond donors (Lipinski definition) is 2. The molecule has 2 aromatic carbocycles. The van der Waals surface area contributed by atoms with Crippen LogP contribution in [-0.2, 0) is 16.4 Å².